The average Bonchev–Trinajstić information content (AvgIpc) is 3.04. The van der Waals surface area contributed by atoms with Gasteiger partial charge in [-0.1, -0.05) is 17.7 Å². The summed E-state index contributed by atoms with van der Waals surface area (Å²) in [7, 11) is 0. The normalized spacial score (nSPS) is 13.0. The quantitative estimate of drug-likeness (QED) is 0.615. The Morgan fingerprint density at radius 3 is 2.89 bits per heavy atom. The Kier molecular flexibility index (Phi) is 3.52. The zero-order valence-electron chi connectivity index (χ0n) is 10.3. The molecule has 0 N–H and O–H groups in total. The van der Waals surface area contributed by atoms with E-state index in [4.69, 9.17) is 23.2 Å². The van der Waals surface area contributed by atoms with Crippen LogP contribution in [0.5, 0.6) is 0 Å². The molecule has 0 spiro atoms. The number of benzene rings is 1. The smallest absolute Gasteiger partial charge is 0.125 e. The van der Waals surface area contributed by atoms with Gasteiger partial charge in [0.1, 0.15) is 5.82 Å². The predicted molar refractivity (Wildman–Crippen MR) is 82.4 cm³/mol. The SMILES string of the molecule is CC(c1cccs1)n1c(CCl)nc2ccc(Cl)cc21. The highest BCUT2D eigenvalue weighted by molar-refractivity contribution is 7.10. The molecule has 3 aromatic rings. The van der Waals surface area contributed by atoms with Crippen LogP contribution in [0.4, 0.5) is 0 Å². The van der Waals surface area contributed by atoms with E-state index in [9.17, 15) is 0 Å². The van der Waals surface area contributed by atoms with Gasteiger partial charge in [-0.3, -0.25) is 0 Å². The Balaban J connectivity index is 2.23. The second kappa shape index (κ2) is 5.16. The summed E-state index contributed by atoms with van der Waals surface area (Å²) in [6.07, 6.45) is 0. The van der Waals surface area contributed by atoms with E-state index in [2.05, 4.69) is 34.0 Å². The van der Waals surface area contributed by atoms with Gasteiger partial charge in [0, 0.05) is 9.90 Å². The van der Waals surface area contributed by atoms with Gasteiger partial charge in [0.05, 0.1) is 23.0 Å². The fraction of sp³-hybridized carbons (Fsp3) is 0.214. The fourth-order valence-corrected chi connectivity index (χ4v) is 3.43. The number of hydrogen-bond acceptors (Lipinski definition) is 2. The predicted octanol–water partition coefficient (Wildman–Crippen LogP) is 5.10. The van der Waals surface area contributed by atoms with Crippen molar-refractivity contribution in [2.45, 2.75) is 18.8 Å². The Labute approximate surface area is 125 Å². The minimum atomic E-state index is 0.206. The van der Waals surface area contributed by atoms with Gasteiger partial charge in [-0.15, -0.1) is 22.9 Å². The Bertz CT molecular complexity index is 704. The molecule has 0 radical (unpaired) electrons. The number of rotatable bonds is 3. The Hall–Kier alpha value is -1.03. The van der Waals surface area contributed by atoms with Crippen LogP contribution in [0.3, 0.4) is 0 Å². The van der Waals surface area contributed by atoms with E-state index in [1.54, 1.807) is 11.3 Å². The standard InChI is InChI=1S/C14H12Cl2N2S/c1-9(13-3-2-6-19-13)18-12-7-10(16)4-5-11(12)17-14(18)8-15/h2-7,9H,8H2,1H3. The van der Waals surface area contributed by atoms with Gasteiger partial charge in [-0.2, -0.15) is 0 Å². The van der Waals surface area contributed by atoms with Crippen LogP contribution in [0.2, 0.25) is 5.02 Å². The topological polar surface area (TPSA) is 17.8 Å². The van der Waals surface area contributed by atoms with Crippen molar-refractivity contribution < 1.29 is 0 Å². The number of halogens is 2. The highest BCUT2D eigenvalue weighted by Crippen LogP contribution is 2.30. The lowest BCUT2D eigenvalue weighted by molar-refractivity contribution is 0.644. The van der Waals surface area contributed by atoms with Crippen LogP contribution < -0.4 is 0 Å². The third kappa shape index (κ3) is 2.27. The lowest BCUT2D eigenvalue weighted by Gasteiger charge is -2.15. The van der Waals surface area contributed by atoms with E-state index >= 15 is 0 Å². The van der Waals surface area contributed by atoms with Crippen molar-refractivity contribution in [2.75, 3.05) is 0 Å². The Morgan fingerprint density at radius 2 is 2.21 bits per heavy atom. The molecule has 5 heteroatoms. The lowest BCUT2D eigenvalue weighted by Crippen LogP contribution is -2.08. The number of thiophene rings is 1. The van der Waals surface area contributed by atoms with Gasteiger partial charge >= 0.3 is 0 Å². The van der Waals surface area contributed by atoms with Crippen LogP contribution in [0.25, 0.3) is 11.0 Å². The van der Waals surface area contributed by atoms with E-state index in [1.165, 1.54) is 4.88 Å². The third-order valence-electron chi connectivity index (χ3n) is 3.19. The molecule has 0 bridgehead atoms. The molecule has 0 amide bonds. The highest BCUT2D eigenvalue weighted by atomic mass is 35.5. The molecule has 0 aliphatic rings. The molecule has 0 saturated carbocycles. The number of fused-ring (bicyclic) bond motifs is 1. The summed E-state index contributed by atoms with van der Waals surface area (Å²) in [5, 5.41) is 2.80. The van der Waals surface area contributed by atoms with Crippen molar-refractivity contribution in [1.29, 1.82) is 0 Å². The van der Waals surface area contributed by atoms with Crippen molar-refractivity contribution in [1.82, 2.24) is 9.55 Å². The van der Waals surface area contributed by atoms with Crippen molar-refractivity contribution in [3.63, 3.8) is 0 Å². The maximum atomic E-state index is 6.10. The molecule has 2 nitrogen and oxygen atoms in total. The molecule has 98 valence electrons. The van der Waals surface area contributed by atoms with Crippen molar-refractivity contribution >= 4 is 45.6 Å². The van der Waals surface area contributed by atoms with E-state index in [0.717, 1.165) is 16.9 Å². The van der Waals surface area contributed by atoms with Crippen LogP contribution in [0.1, 0.15) is 23.7 Å². The van der Waals surface area contributed by atoms with Crippen molar-refractivity contribution in [2.24, 2.45) is 0 Å². The van der Waals surface area contributed by atoms with Gasteiger partial charge < -0.3 is 4.57 Å². The molecule has 0 fully saturated rings. The van der Waals surface area contributed by atoms with E-state index < -0.39 is 0 Å². The minimum Gasteiger partial charge on any atom is -0.319 e. The average molecular weight is 311 g/mol. The first-order valence-corrected chi connectivity index (χ1v) is 7.75. The fourth-order valence-electron chi connectivity index (χ4n) is 2.30. The van der Waals surface area contributed by atoms with E-state index in [1.807, 2.05) is 18.2 Å². The number of imidazole rings is 1. The molecular formula is C14H12Cl2N2S. The highest BCUT2D eigenvalue weighted by Gasteiger charge is 2.17. The lowest BCUT2D eigenvalue weighted by atomic mass is 10.2. The first-order valence-electron chi connectivity index (χ1n) is 5.96. The largest absolute Gasteiger partial charge is 0.319 e. The molecular weight excluding hydrogens is 299 g/mol. The molecule has 0 saturated heterocycles. The molecule has 1 atom stereocenters. The zero-order chi connectivity index (χ0) is 13.4. The van der Waals surface area contributed by atoms with Gasteiger partial charge in [0.25, 0.3) is 0 Å². The van der Waals surface area contributed by atoms with Crippen molar-refractivity contribution in [3.8, 4) is 0 Å². The summed E-state index contributed by atoms with van der Waals surface area (Å²) in [5.74, 6) is 1.27. The van der Waals surface area contributed by atoms with Gasteiger partial charge in [-0.25, -0.2) is 4.98 Å². The molecule has 1 aromatic carbocycles. The maximum Gasteiger partial charge on any atom is 0.125 e. The van der Waals surface area contributed by atoms with Gasteiger partial charge in [0.15, 0.2) is 0 Å². The van der Waals surface area contributed by atoms with Crippen molar-refractivity contribution in [3.05, 3.63) is 51.4 Å². The number of aromatic nitrogens is 2. The summed E-state index contributed by atoms with van der Waals surface area (Å²) >= 11 is 13.9. The number of nitrogens with zero attached hydrogens (tertiary/aromatic N) is 2. The summed E-state index contributed by atoms with van der Waals surface area (Å²) in [6, 6.07) is 10.1. The minimum absolute atomic E-state index is 0.206. The molecule has 0 aliphatic heterocycles. The summed E-state index contributed by atoms with van der Waals surface area (Å²) in [4.78, 5) is 5.86. The van der Waals surface area contributed by atoms with Crippen LogP contribution in [-0.2, 0) is 5.88 Å². The Morgan fingerprint density at radius 1 is 1.37 bits per heavy atom. The molecule has 2 heterocycles. The summed E-state index contributed by atoms with van der Waals surface area (Å²) in [5.41, 5.74) is 1.97. The molecule has 0 aliphatic carbocycles. The van der Waals surface area contributed by atoms with Crippen LogP contribution in [0.15, 0.2) is 35.7 Å². The van der Waals surface area contributed by atoms with E-state index in [-0.39, 0.29) is 6.04 Å². The summed E-state index contributed by atoms with van der Waals surface area (Å²) in [6.45, 7) is 2.16. The zero-order valence-corrected chi connectivity index (χ0v) is 12.6. The first-order chi connectivity index (χ1) is 9.20. The molecule has 3 rings (SSSR count). The van der Waals surface area contributed by atoms with Gasteiger partial charge in [0.2, 0.25) is 0 Å². The maximum absolute atomic E-state index is 6.10. The van der Waals surface area contributed by atoms with Crippen LogP contribution in [0, 0.1) is 0 Å². The third-order valence-corrected chi connectivity index (χ3v) is 4.70. The monoisotopic (exact) mass is 310 g/mol. The molecule has 2 aromatic heterocycles. The van der Waals surface area contributed by atoms with E-state index in [0.29, 0.717) is 10.9 Å². The molecule has 19 heavy (non-hydrogen) atoms. The second-order valence-electron chi connectivity index (χ2n) is 4.36. The first kappa shape index (κ1) is 13.0. The second-order valence-corrected chi connectivity index (χ2v) is 6.04. The number of alkyl halides is 1. The summed E-state index contributed by atoms with van der Waals surface area (Å²) < 4.78 is 2.17. The molecule has 1 unspecified atom stereocenters. The van der Waals surface area contributed by atoms with Gasteiger partial charge in [-0.05, 0) is 36.6 Å². The number of hydrogen-bond donors (Lipinski definition) is 0. The van der Waals surface area contributed by atoms with Crippen LogP contribution >= 0.6 is 34.5 Å². The van der Waals surface area contributed by atoms with Crippen LogP contribution in [-0.4, -0.2) is 9.55 Å².